The van der Waals surface area contributed by atoms with Crippen LogP contribution in [0.15, 0.2) is 249 Å². The van der Waals surface area contributed by atoms with E-state index in [9.17, 15) is 0 Å². The highest BCUT2D eigenvalue weighted by molar-refractivity contribution is 6.02. The Hall–Kier alpha value is -9.18. The number of benzene rings is 12. The van der Waals surface area contributed by atoms with Crippen molar-refractivity contribution in [1.29, 1.82) is 0 Å². The smallest absolute Gasteiger partial charge is 0.127 e. The van der Waals surface area contributed by atoms with E-state index in [2.05, 4.69) is 264 Å². The second-order valence-corrected chi connectivity index (χ2v) is 18.8. The summed E-state index contributed by atoms with van der Waals surface area (Å²) in [5, 5.41) is 10.0. The maximum absolute atomic E-state index is 5.59. The van der Waals surface area contributed by atoms with E-state index < -0.39 is 0 Å². The lowest BCUT2D eigenvalue weighted by molar-refractivity contribution is 0.412. The molecule has 0 atom stereocenters. The molecule has 12 rings (SSSR count). The van der Waals surface area contributed by atoms with Crippen molar-refractivity contribution in [3.63, 3.8) is 0 Å². The SMILES string of the molecule is COc1cc(C)c(-c2ccccc2)c2ccccc12.COc1cc2ccccc2c(-c2ccccc2)c1C.COc1cc2ccccc2c(C)c1-c1ccccc1.Cc1c(/C=C/c2ccccc2)ccc2ccccc12. The second-order valence-electron chi connectivity index (χ2n) is 18.8. The van der Waals surface area contributed by atoms with Crippen LogP contribution in [0, 0.1) is 27.7 Å². The minimum atomic E-state index is 0.933. The first-order valence-electron chi connectivity index (χ1n) is 25.8. The summed E-state index contributed by atoms with van der Waals surface area (Å²) in [4.78, 5) is 0. The van der Waals surface area contributed by atoms with Crippen LogP contribution in [0.4, 0.5) is 0 Å². The molecular formula is C73H64O3. The molecule has 0 N–H and O–H groups in total. The predicted octanol–water partition coefficient (Wildman–Crippen LogP) is 19.8. The number of fused-ring (bicyclic) bond motifs is 4. The first kappa shape index (κ1) is 51.7. The lowest BCUT2D eigenvalue weighted by atomic mass is 9.93. The van der Waals surface area contributed by atoms with Crippen molar-refractivity contribution < 1.29 is 14.2 Å². The van der Waals surface area contributed by atoms with Crippen LogP contribution in [-0.4, -0.2) is 21.3 Å². The number of aryl methyl sites for hydroxylation is 3. The summed E-state index contributed by atoms with van der Waals surface area (Å²) < 4.78 is 16.6. The zero-order chi connectivity index (χ0) is 52.8. The zero-order valence-corrected chi connectivity index (χ0v) is 44.6. The fourth-order valence-electron chi connectivity index (χ4n) is 10.2. The summed E-state index contributed by atoms with van der Waals surface area (Å²) in [5.74, 6) is 2.81. The molecule has 3 heteroatoms. The van der Waals surface area contributed by atoms with Crippen molar-refractivity contribution >= 4 is 55.2 Å². The van der Waals surface area contributed by atoms with Gasteiger partial charge in [0.15, 0.2) is 0 Å². The van der Waals surface area contributed by atoms with E-state index >= 15 is 0 Å². The van der Waals surface area contributed by atoms with Crippen molar-refractivity contribution in [3.05, 3.63) is 282 Å². The molecule has 0 saturated heterocycles. The predicted molar refractivity (Wildman–Crippen MR) is 326 cm³/mol. The lowest BCUT2D eigenvalue weighted by Gasteiger charge is -2.15. The fourth-order valence-corrected chi connectivity index (χ4v) is 10.2. The maximum atomic E-state index is 5.59. The van der Waals surface area contributed by atoms with Gasteiger partial charge in [0.05, 0.1) is 21.3 Å². The Kier molecular flexibility index (Phi) is 16.8. The van der Waals surface area contributed by atoms with Gasteiger partial charge in [-0.15, -0.1) is 0 Å². The highest BCUT2D eigenvalue weighted by Crippen LogP contribution is 2.40. The fraction of sp³-hybridized carbons (Fsp3) is 0.0959. The highest BCUT2D eigenvalue weighted by Gasteiger charge is 2.15. The molecule has 0 heterocycles. The minimum absolute atomic E-state index is 0.933. The summed E-state index contributed by atoms with van der Waals surface area (Å²) in [5.41, 5.74) is 14.9. The van der Waals surface area contributed by atoms with E-state index in [1.165, 1.54) is 104 Å². The maximum Gasteiger partial charge on any atom is 0.127 e. The Bertz CT molecular complexity index is 3900. The van der Waals surface area contributed by atoms with Gasteiger partial charge in [-0.25, -0.2) is 0 Å². The number of rotatable bonds is 8. The minimum Gasteiger partial charge on any atom is -0.496 e. The van der Waals surface area contributed by atoms with Crippen molar-refractivity contribution in [2.75, 3.05) is 21.3 Å². The molecule has 0 unspecified atom stereocenters. The molecule has 374 valence electrons. The van der Waals surface area contributed by atoms with Crippen molar-refractivity contribution in [2.45, 2.75) is 27.7 Å². The van der Waals surface area contributed by atoms with Crippen LogP contribution in [0.5, 0.6) is 17.2 Å². The van der Waals surface area contributed by atoms with Gasteiger partial charge in [0.2, 0.25) is 0 Å². The Morgan fingerprint density at radius 3 is 1.26 bits per heavy atom. The molecule has 0 aliphatic carbocycles. The first-order valence-corrected chi connectivity index (χ1v) is 25.8. The summed E-state index contributed by atoms with van der Waals surface area (Å²) >= 11 is 0. The van der Waals surface area contributed by atoms with Gasteiger partial charge >= 0.3 is 0 Å². The van der Waals surface area contributed by atoms with Crippen molar-refractivity contribution in [3.8, 4) is 50.6 Å². The number of ether oxygens (including phenoxy) is 3. The summed E-state index contributed by atoms with van der Waals surface area (Å²) in [6.45, 7) is 8.60. The molecule has 76 heavy (non-hydrogen) atoms. The van der Waals surface area contributed by atoms with Crippen LogP contribution in [0.3, 0.4) is 0 Å². The first-order chi connectivity index (χ1) is 37.3. The van der Waals surface area contributed by atoms with Gasteiger partial charge in [-0.1, -0.05) is 243 Å². The molecule has 0 spiro atoms. The van der Waals surface area contributed by atoms with Crippen LogP contribution in [0.25, 0.3) is 88.6 Å². The van der Waals surface area contributed by atoms with E-state index in [-0.39, 0.29) is 0 Å². The van der Waals surface area contributed by atoms with E-state index in [1.54, 1.807) is 21.3 Å². The number of methoxy groups -OCH3 is 3. The van der Waals surface area contributed by atoms with E-state index in [0.717, 1.165) is 22.6 Å². The average molecular weight is 989 g/mol. The molecule has 12 aromatic carbocycles. The van der Waals surface area contributed by atoms with Crippen LogP contribution in [0.2, 0.25) is 0 Å². The quantitative estimate of drug-likeness (QED) is 0.142. The Morgan fingerprint density at radius 1 is 0.276 bits per heavy atom. The van der Waals surface area contributed by atoms with E-state index in [1.807, 2.05) is 24.3 Å². The normalized spacial score (nSPS) is 10.8. The number of hydrogen-bond acceptors (Lipinski definition) is 3. The summed E-state index contributed by atoms with van der Waals surface area (Å²) in [6.07, 6.45) is 4.36. The summed E-state index contributed by atoms with van der Waals surface area (Å²) in [7, 11) is 5.19. The summed E-state index contributed by atoms with van der Waals surface area (Å²) in [6, 6.07) is 86.3. The van der Waals surface area contributed by atoms with Crippen LogP contribution < -0.4 is 14.2 Å². The monoisotopic (exact) mass is 988 g/mol. The third-order valence-corrected chi connectivity index (χ3v) is 14.1. The molecule has 0 saturated carbocycles. The molecule has 0 bridgehead atoms. The van der Waals surface area contributed by atoms with E-state index in [4.69, 9.17) is 14.2 Å². The molecule has 0 amide bonds. The van der Waals surface area contributed by atoms with Crippen LogP contribution in [0.1, 0.15) is 33.4 Å². The lowest BCUT2D eigenvalue weighted by Crippen LogP contribution is -1.92. The average Bonchev–Trinajstić information content (AvgIpc) is 3.51. The molecule has 0 aromatic heterocycles. The van der Waals surface area contributed by atoms with Gasteiger partial charge in [-0.05, 0) is 145 Å². The topological polar surface area (TPSA) is 27.7 Å². The Labute approximate surface area is 449 Å². The molecule has 0 radical (unpaired) electrons. The Balaban J connectivity index is 0.000000124. The van der Waals surface area contributed by atoms with E-state index in [0.29, 0.717) is 0 Å². The van der Waals surface area contributed by atoms with Gasteiger partial charge in [-0.2, -0.15) is 0 Å². The van der Waals surface area contributed by atoms with Crippen molar-refractivity contribution in [2.24, 2.45) is 0 Å². The third kappa shape index (κ3) is 11.6. The standard InChI is InChI=1S/C19H16.3C18H16O/c1-15-17(12-11-16-7-3-2-4-8-16)13-14-18-9-5-6-10-19(15)18;1-13-17(19-2)12-15-10-6-7-11-16(15)18(13)14-8-4-3-5-9-14;1-13-16-11-7-6-10-15(16)12-17(19-2)18(13)14-8-4-3-5-9-14;1-13-12-17(19-2)15-10-6-7-11-16(15)18(13)14-8-4-3-5-9-14/h2-14H,1H3;3*3-12H,1-2H3/b12-11+;;;. The molecule has 0 aliphatic rings. The van der Waals surface area contributed by atoms with Gasteiger partial charge in [0.1, 0.15) is 17.2 Å². The molecule has 0 fully saturated rings. The van der Waals surface area contributed by atoms with Gasteiger partial charge < -0.3 is 14.2 Å². The highest BCUT2D eigenvalue weighted by atomic mass is 16.5. The van der Waals surface area contributed by atoms with Gasteiger partial charge in [0, 0.05) is 10.9 Å². The van der Waals surface area contributed by atoms with Crippen LogP contribution in [-0.2, 0) is 0 Å². The zero-order valence-electron chi connectivity index (χ0n) is 44.6. The Morgan fingerprint density at radius 2 is 0.697 bits per heavy atom. The molecule has 12 aromatic rings. The molecule has 3 nitrogen and oxygen atoms in total. The largest absolute Gasteiger partial charge is 0.496 e. The number of hydrogen-bond donors (Lipinski definition) is 0. The van der Waals surface area contributed by atoms with Crippen LogP contribution >= 0.6 is 0 Å². The molecule has 0 aliphatic heterocycles. The van der Waals surface area contributed by atoms with Crippen molar-refractivity contribution in [1.82, 2.24) is 0 Å². The third-order valence-electron chi connectivity index (χ3n) is 14.1. The second kappa shape index (κ2) is 24.7. The van der Waals surface area contributed by atoms with Gasteiger partial charge in [0.25, 0.3) is 0 Å². The molecular weight excluding hydrogens is 925 g/mol. The van der Waals surface area contributed by atoms with Gasteiger partial charge in [-0.3, -0.25) is 0 Å².